The average molecular weight is 659 g/mol. The SMILES string of the molecule is CC[C@H](C)CC(=O)N(C)C(C[C@@H](OCCCCN(C)C(=O)/C=C\C=O)c1nc(C(=O)NC(C)C(O)C2=CC=CCC2)cs1)C(C)C. The minimum Gasteiger partial charge on any atom is -0.387 e. The topological polar surface area (TPSA) is 129 Å². The van der Waals surface area contributed by atoms with Crippen molar-refractivity contribution in [2.75, 3.05) is 27.2 Å². The molecule has 3 unspecified atom stereocenters. The molecule has 1 aromatic heterocycles. The van der Waals surface area contributed by atoms with Gasteiger partial charge in [0.25, 0.3) is 5.91 Å². The summed E-state index contributed by atoms with van der Waals surface area (Å²) in [5.41, 5.74) is 1.15. The summed E-state index contributed by atoms with van der Waals surface area (Å²) in [6, 6.07) is -0.596. The quantitative estimate of drug-likeness (QED) is 0.111. The number of carbonyl (C=O) groups is 4. The van der Waals surface area contributed by atoms with Gasteiger partial charge in [-0.1, -0.05) is 52.3 Å². The lowest BCUT2D eigenvalue weighted by Crippen LogP contribution is -2.42. The minimum absolute atomic E-state index is 0.0958. The highest BCUT2D eigenvalue weighted by molar-refractivity contribution is 7.09. The zero-order valence-corrected chi connectivity index (χ0v) is 29.4. The van der Waals surface area contributed by atoms with Crippen LogP contribution in [-0.4, -0.2) is 89.3 Å². The van der Waals surface area contributed by atoms with E-state index in [9.17, 15) is 24.3 Å². The van der Waals surface area contributed by atoms with Crippen molar-refractivity contribution in [1.82, 2.24) is 20.1 Å². The summed E-state index contributed by atoms with van der Waals surface area (Å²) in [6.07, 6.45) is 12.6. The van der Waals surface area contributed by atoms with Gasteiger partial charge in [-0.05, 0) is 56.1 Å². The molecule has 5 atom stereocenters. The zero-order chi connectivity index (χ0) is 34.2. The summed E-state index contributed by atoms with van der Waals surface area (Å²) in [6.45, 7) is 11.0. The van der Waals surface area contributed by atoms with Gasteiger partial charge in [-0.15, -0.1) is 11.3 Å². The van der Waals surface area contributed by atoms with Crippen LogP contribution in [-0.2, 0) is 19.1 Å². The normalized spacial score (nSPS) is 16.4. The number of hydrogen-bond acceptors (Lipinski definition) is 8. The number of rotatable bonds is 20. The van der Waals surface area contributed by atoms with Crippen LogP contribution in [0.15, 0.2) is 41.3 Å². The number of nitrogens with one attached hydrogen (secondary N) is 1. The third-order valence-corrected chi connectivity index (χ3v) is 9.46. The predicted octanol–water partition coefficient (Wildman–Crippen LogP) is 5.26. The monoisotopic (exact) mass is 658 g/mol. The molecule has 0 radical (unpaired) electrons. The van der Waals surface area contributed by atoms with Gasteiger partial charge in [0.1, 0.15) is 23.1 Å². The first-order valence-corrected chi connectivity index (χ1v) is 17.3. The first kappa shape index (κ1) is 39.0. The molecule has 46 heavy (non-hydrogen) atoms. The van der Waals surface area contributed by atoms with Gasteiger partial charge >= 0.3 is 0 Å². The van der Waals surface area contributed by atoms with Crippen LogP contribution in [0.4, 0.5) is 0 Å². The van der Waals surface area contributed by atoms with E-state index in [1.165, 1.54) is 23.5 Å². The molecule has 0 aromatic carbocycles. The second kappa shape index (κ2) is 20.2. The zero-order valence-electron chi connectivity index (χ0n) is 28.6. The molecule has 0 saturated heterocycles. The lowest BCUT2D eigenvalue weighted by Gasteiger charge is -2.34. The Bertz CT molecular complexity index is 1230. The highest BCUT2D eigenvalue weighted by Crippen LogP contribution is 2.31. The van der Waals surface area contributed by atoms with Crippen LogP contribution < -0.4 is 5.32 Å². The Morgan fingerprint density at radius 3 is 2.54 bits per heavy atom. The van der Waals surface area contributed by atoms with Crippen molar-refractivity contribution < 1.29 is 29.0 Å². The predicted molar refractivity (Wildman–Crippen MR) is 182 cm³/mol. The van der Waals surface area contributed by atoms with Crippen molar-refractivity contribution in [3.05, 3.63) is 52.0 Å². The number of unbranched alkanes of at least 4 members (excludes halogenated alkanes) is 1. The van der Waals surface area contributed by atoms with E-state index in [1.807, 2.05) is 30.2 Å². The third-order valence-electron chi connectivity index (χ3n) is 8.52. The van der Waals surface area contributed by atoms with Gasteiger partial charge in [-0.25, -0.2) is 4.98 Å². The van der Waals surface area contributed by atoms with Crippen LogP contribution in [0.3, 0.4) is 0 Å². The fourth-order valence-corrected chi connectivity index (χ4v) is 6.09. The summed E-state index contributed by atoms with van der Waals surface area (Å²) in [7, 11) is 3.54. The van der Waals surface area contributed by atoms with Crippen LogP contribution in [0, 0.1) is 11.8 Å². The van der Waals surface area contributed by atoms with Crippen molar-refractivity contribution in [3.8, 4) is 0 Å². The smallest absolute Gasteiger partial charge is 0.271 e. The number of nitrogens with zero attached hydrogens (tertiary/aromatic N) is 3. The molecule has 2 rings (SSSR count). The van der Waals surface area contributed by atoms with Crippen LogP contribution in [0.5, 0.6) is 0 Å². The summed E-state index contributed by atoms with van der Waals surface area (Å²) in [5.74, 6) is -0.0556. The Morgan fingerprint density at radius 2 is 1.91 bits per heavy atom. The van der Waals surface area contributed by atoms with Crippen LogP contribution in [0.2, 0.25) is 0 Å². The maximum absolute atomic E-state index is 13.2. The van der Waals surface area contributed by atoms with E-state index < -0.39 is 18.2 Å². The first-order chi connectivity index (χ1) is 21.9. The van der Waals surface area contributed by atoms with Crippen molar-refractivity contribution >= 4 is 35.3 Å². The lowest BCUT2D eigenvalue weighted by molar-refractivity contribution is -0.134. The maximum Gasteiger partial charge on any atom is 0.271 e. The van der Waals surface area contributed by atoms with Crippen molar-refractivity contribution in [3.63, 3.8) is 0 Å². The van der Waals surface area contributed by atoms with Crippen LogP contribution >= 0.6 is 11.3 Å². The van der Waals surface area contributed by atoms with E-state index in [1.54, 1.807) is 24.3 Å². The van der Waals surface area contributed by atoms with E-state index in [-0.39, 0.29) is 35.4 Å². The van der Waals surface area contributed by atoms with Gasteiger partial charge in [0, 0.05) is 57.6 Å². The molecule has 1 aliphatic carbocycles. The Labute approximate surface area is 279 Å². The first-order valence-electron chi connectivity index (χ1n) is 16.4. The average Bonchev–Trinajstić information content (AvgIpc) is 3.54. The standard InChI is InChI=1S/C35H54N4O6S/c1-8-25(4)21-32(42)39(7)29(24(2)3)22-30(45-20-13-12-18-38(6)31(41)17-14-19-40)35-37-28(23-46-35)34(44)36-26(5)33(43)27-15-10-9-11-16-27/h9-10,14-15,17,19,23-26,29-30,33,43H,8,11-13,16,18,20-22H2,1-7H3,(H,36,44)/b17-14-/t25-,26?,29?,30+,33?/m0/s1. The second-order valence-electron chi connectivity index (χ2n) is 12.6. The Hall–Kier alpha value is -3.15. The van der Waals surface area contributed by atoms with E-state index in [2.05, 4.69) is 38.0 Å². The van der Waals surface area contributed by atoms with Crippen molar-refractivity contribution in [2.45, 2.75) is 104 Å². The van der Waals surface area contributed by atoms with E-state index in [0.29, 0.717) is 56.0 Å². The summed E-state index contributed by atoms with van der Waals surface area (Å²) in [4.78, 5) is 56.9. The fraction of sp³-hybridized carbons (Fsp3) is 0.629. The molecular weight excluding hydrogens is 604 g/mol. The minimum atomic E-state index is -0.784. The number of thiazole rings is 1. The Kier molecular flexibility index (Phi) is 17.1. The number of aldehydes is 1. The molecular formula is C35H54N4O6S. The maximum atomic E-state index is 13.2. The molecule has 2 N–H and O–H groups in total. The van der Waals surface area contributed by atoms with Gasteiger partial charge in [0.15, 0.2) is 0 Å². The number of likely N-dealkylation sites (N-methyl/N-ethyl adjacent to an activating group) is 1. The van der Waals surface area contributed by atoms with Gasteiger partial charge in [0.2, 0.25) is 11.8 Å². The Morgan fingerprint density at radius 1 is 1.17 bits per heavy atom. The van der Waals surface area contributed by atoms with Gasteiger partial charge in [-0.2, -0.15) is 0 Å². The molecule has 1 aliphatic rings. The number of allylic oxidation sites excluding steroid dienone is 4. The molecule has 0 bridgehead atoms. The molecule has 3 amide bonds. The number of amides is 3. The number of aromatic nitrogens is 1. The highest BCUT2D eigenvalue weighted by Gasteiger charge is 2.30. The molecule has 0 fully saturated rings. The van der Waals surface area contributed by atoms with E-state index in [4.69, 9.17) is 4.74 Å². The number of ether oxygens (including phenoxy) is 1. The molecule has 0 spiro atoms. The van der Waals surface area contributed by atoms with Gasteiger partial charge in [0.05, 0.1) is 12.1 Å². The van der Waals surface area contributed by atoms with Crippen molar-refractivity contribution in [1.29, 1.82) is 0 Å². The molecule has 11 heteroatoms. The van der Waals surface area contributed by atoms with E-state index >= 15 is 0 Å². The number of carbonyl (C=O) groups excluding carboxylic acids is 4. The van der Waals surface area contributed by atoms with Crippen molar-refractivity contribution in [2.24, 2.45) is 11.8 Å². The van der Waals surface area contributed by atoms with Gasteiger partial charge < -0.3 is 25.0 Å². The lowest BCUT2D eigenvalue weighted by atomic mass is 9.95. The van der Waals surface area contributed by atoms with Gasteiger partial charge in [-0.3, -0.25) is 19.2 Å². The summed E-state index contributed by atoms with van der Waals surface area (Å²) in [5, 5.41) is 16.0. The largest absolute Gasteiger partial charge is 0.387 e. The number of aliphatic hydroxyl groups is 1. The van der Waals surface area contributed by atoms with Crippen LogP contribution in [0.1, 0.15) is 101 Å². The molecule has 10 nitrogen and oxygen atoms in total. The van der Waals surface area contributed by atoms with Crippen LogP contribution in [0.25, 0.3) is 0 Å². The molecule has 1 aromatic rings. The number of hydrogen-bond donors (Lipinski definition) is 2. The second-order valence-corrected chi connectivity index (χ2v) is 13.5. The third kappa shape index (κ3) is 12.6. The highest BCUT2D eigenvalue weighted by atomic mass is 32.1. The van der Waals surface area contributed by atoms with E-state index in [0.717, 1.165) is 24.8 Å². The summed E-state index contributed by atoms with van der Waals surface area (Å²) < 4.78 is 6.40. The molecule has 1 heterocycles. The fourth-order valence-electron chi connectivity index (χ4n) is 5.23. The molecule has 0 aliphatic heterocycles. The summed E-state index contributed by atoms with van der Waals surface area (Å²) >= 11 is 1.35. The molecule has 0 saturated carbocycles. The number of aliphatic hydroxyl groups excluding tert-OH is 1. The molecule has 256 valence electrons. The Balaban J connectivity index is 2.16.